The highest BCUT2D eigenvalue weighted by atomic mass is 16.2. The molecule has 2 rings (SSSR count). The van der Waals surface area contributed by atoms with Crippen molar-refractivity contribution in [3.8, 4) is 0 Å². The predicted molar refractivity (Wildman–Crippen MR) is 86.0 cm³/mol. The fourth-order valence-electron chi connectivity index (χ4n) is 2.85. The first kappa shape index (κ1) is 16.0. The van der Waals surface area contributed by atoms with Crippen LogP contribution in [0, 0.1) is 0 Å². The number of hydrogen-bond donors (Lipinski definition) is 2. The Morgan fingerprint density at radius 3 is 2.52 bits per heavy atom. The van der Waals surface area contributed by atoms with Crippen molar-refractivity contribution in [1.29, 1.82) is 0 Å². The molecule has 0 saturated heterocycles. The van der Waals surface area contributed by atoms with Gasteiger partial charge in [0, 0.05) is 12.1 Å². The maximum Gasteiger partial charge on any atom is 0.236 e. The van der Waals surface area contributed by atoms with Crippen LogP contribution in [0.15, 0.2) is 30.3 Å². The number of carbonyl (C=O) groups is 1. The first-order chi connectivity index (χ1) is 10.0. The maximum absolute atomic E-state index is 12.1. The van der Waals surface area contributed by atoms with Gasteiger partial charge in [0.25, 0.3) is 0 Å². The van der Waals surface area contributed by atoms with Crippen LogP contribution < -0.4 is 11.1 Å². The lowest BCUT2D eigenvalue weighted by Gasteiger charge is -2.47. The zero-order valence-corrected chi connectivity index (χ0v) is 13.1. The van der Waals surface area contributed by atoms with Crippen molar-refractivity contribution in [3.63, 3.8) is 0 Å². The number of nitrogens with one attached hydrogen (secondary N) is 1. The smallest absolute Gasteiger partial charge is 0.236 e. The Morgan fingerprint density at radius 2 is 2.00 bits per heavy atom. The van der Waals surface area contributed by atoms with Crippen LogP contribution in [-0.2, 0) is 11.2 Å². The van der Waals surface area contributed by atoms with Gasteiger partial charge >= 0.3 is 0 Å². The molecule has 1 aromatic rings. The molecule has 1 fully saturated rings. The van der Waals surface area contributed by atoms with Crippen molar-refractivity contribution in [3.05, 3.63) is 35.9 Å². The van der Waals surface area contributed by atoms with E-state index in [9.17, 15) is 4.79 Å². The number of aryl methyl sites for hydroxylation is 1. The van der Waals surface area contributed by atoms with Crippen molar-refractivity contribution in [2.24, 2.45) is 5.73 Å². The third-order valence-electron chi connectivity index (χ3n) is 4.75. The third-order valence-corrected chi connectivity index (χ3v) is 4.75. The van der Waals surface area contributed by atoms with Crippen LogP contribution in [0.4, 0.5) is 0 Å². The second-order valence-corrected chi connectivity index (χ2v) is 6.32. The number of likely N-dealkylation sites (N-methyl/N-ethyl adjacent to an activating group) is 1. The zero-order valence-electron chi connectivity index (χ0n) is 13.1. The highest BCUT2D eigenvalue weighted by molar-refractivity contribution is 5.81. The molecule has 1 atom stereocenters. The molecule has 0 radical (unpaired) electrons. The first-order valence-electron chi connectivity index (χ1n) is 7.78. The van der Waals surface area contributed by atoms with E-state index < -0.39 is 6.04 Å². The minimum Gasteiger partial charge on any atom is -0.353 e. The van der Waals surface area contributed by atoms with Gasteiger partial charge in [0.2, 0.25) is 5.91 Å². The predicted octanol–water partition coefficient (Wildman–Crippen LogP) is 1.55. The van der Waals surface area contributed by atoms with Crippen LogP contribution in [-0.4, -0.2) is 43.0 Å². The van der Waals surface area contributed by atoms with Crippen molar-refractivity contribution >= 4 is 5.91 Å². The van der Waals surface area contributed by atoms with Gasteiger partial charge in [-0.25, -0.2) is 0 Å². The van der Waals surface area contributed by atoms with E-state index in [1.54, 1.807) is 0 Å². The molecule has 1 aromatic carbocycles. The number of carbonyl (C=O) groups excluding carboxylic acids is 1. The zero-order chi connectivity index (χ0) is 15.3. The van der Waals surface area contributed by atoms with E-state index in [1.807, 2.05) is 18.2 Å². The van der Waals surface area contributed by atoms with Gasteiger partial charge in [0.05, 0.1) is 6.04 Å². The van der Waals surface area contributed by atoms with E-state index in [0.717, 1.165) is 19.3 Å². The van der Waals surface area contributed by atoms with Crippen LogP contribution in [0.2, 0.25) is 0 Å². The Balaban J connectivity index is 1.75. The van der Waals surface area contributed by atoms with Crippen LogP contribution in [0.5, 0.6) is 0 Å². The molecule has 0 spiro atoms. The summed E-state index contributed by atoms with van der Waals surface area (Å²) < 4.78 is 0. The number of hydrogen-bond acceptors (Lipinski definition) is 3. The molecule has 4 heteroatoms. The number of nitrogens with zero attached hydrogens (tertiary/aromatic N) is 1. The van der Waals surface area contributed by atoms with Crippen molar-refractivity contribution < 1.29 is 4.79 Å². The van der Waals surface area contributed by atoms with Gasteiger partial charge in [0.1, 0.15) is 0 Å². The molecule has 1 aliphatic rings. The molecular weight excluding hydrogens is 262 g/mol. The van der Waals surface area contributed by atoms with Crippen molar-refractivity contribution in [2.45, 2.75) is 43.7 Å². The SMILES string of the molecule is CN(C)C1(CNC(=O)[C@@H](N)CCc2ccccc2)CCC1. The van der Waals surface area contributed by atoms with Crippen molar-refractivity contribution in [2.75, 3.05) is 20.6 Å². The maximum atomic E-state index is 12.1. The molecule has 0 unspecified atom stereocenters. The molecule has 0 bridgehead atoms. The summed E-state index contributed by atoms with van der Waals surface area (Å²) in [4.78, 5) is 14.3. The van der Waals surface area contributed by atoms with Crippen LogP contribution in [0.3, 0.4) is 0 Å². The lowest BCUT2D eigenvalue weighted by molar-refractivity contribution is -0.123. The van der Waals surface area contributed by atoms with Crippen LogP contribution in [0.25, 0.3) is 0 Å². The van der Waals surface area contributed by atoms with E-state index in [-0.39, 0.29) is 11.4 Å². The Labute approximate surface area is 127 Å². The van der Waals surface area contributed by atoms with Crippen LogP contribution in [0.1, 0.15) is 31.2 Å². The first-order valence-corrected chi connectivity index (χ1v) is 7.78. The highest BCUT2D eigenvalue weighted by Gasteiger charge is 2.39. The second kappa shape index (κ2) is 7.05. The lowest BCUT2D eigenvalue weighted by Crippen LogP contribution is -2.58. The van der Waals surface area contributed by atoms with E-state index in [4.69, 9.17) is 5.73 Å². The van der Waals surface area contributed by atoms with Crippen molar-refractivity contribution in [1.82, 2.24) is 10.2 Å². The number of benzene rings is 1. The molecule has 0 aliphatic heterocycles. The fraction of sp³-hybridized carbons (Fsp3) is 0.588. The van der Waals surface area contributed by atoms with E-state index in [1.165, 1.54) is 12.0 Å². The van der Waals surface area contributed by atoms with Gasteiger partial charge in [-0.1, -0.05) is 30.3 Å². The van der Waals surface area contributed by atoms with Crippen LogP contribution >= 0.6 is 0 Å². The second-order valence-electron chi connectivity index (χ2n) is 6.32. The number of nitrogens with two attached hydrogens (primary N) is 1. The summed E-state index contributed by atoms with van der Waals surface area (Å²) in [7, 11) is 4.17. The quantitative estimate of drug-likeness (QED) is 0.800. The summed E-state index contributed by atoms with van der Waals surface area (Å²) in [6, 6.07) is 9.73. The Morgan fingerprint density at radius 1 is 1.33 bits per heavy atom. The average Bonchev–Trinajstić information content (AvgIpc) is 2.44. The number of rotatable bonds is 7. The van der Waals surface area contributed by atoms with Gasteiger partial charge < -0.3 is 16.0 Å². The minimum atomic E-state index is -0.426. The molecule has 4 nitrogen and oxygen atoms in total. The van der Waals surface area contributed by atoms with Gasteiger partial charge in [0.15, 0.2) is 0 Å². The summed E-state index contributed by atoms with van der Waals surface area (Å²) in [5.74, 6) is -0.0287. The molecular formula is C17H27N3O. The molecule has 1 saturated carbocycles. The Hall–Kier alpha value is -1.39. The van der Waals surface area contributed by atoms with Gasteiger partial charge in [-0.2, -0.15) is 0 Å². The monoisotopic (exact) mass is 289 g/mol. The summed E-state index contributed by atoms with van der Waals surface area (Å²) in [6.45, 7) is 0.706. The van der Waals surface area contributed by atoms with E-state index in [2.05, 4.69) is 36.4 Å². The third kappa shape index (κ3) is 4.05. The molecule has 116 valence electrons. The molecule has 0 aromatic heterocycles. The molecule has 1 amide bonds. The summed E-state index contributed by atoms with van der Waals surface area (Å²) in [5, 5.41) is 3.04. The molecule has 21 heavy (non-hydrogen) atoms. The largest absolute Gasteiger partial charge is 0.353 e. The summed E-state index contributed by atoms with van der Waals surface area (Å²) in [5.41, 5.74) is 7.38. The molecule has 3 N–H and O–H groups in total. The minimum absolute atomic E-state index is 0.0287. The number of amides is 1. The Kier molecular flexibility index (Phi) is 5.37. The molecule has 1 aliphatic carbocycles. The molecule has 0 heterocycles. The van der Waals surface area contributed by atoms with Gasteiger partial charge in [-0.15, -0.1) is 0 Å². The topological polar surface area (TPSA) is 58.4 Å². The standard InChI is InChI=1S/C17H27N3O/c1-20(2)17(11-6-12-17)13-19-16(21)15(18)10-9-14-7-4-3-5-8-14/h3-5,7-8,15H,6,9-13,18H2,1-2H3,(H,19,21)/t15-/m0/s1. The van der Waals surface area contributed by atoms with Gasteiger partial charge in [-0.05, 0) is 51.8 Å². The normalized spacial score (nSPS) is 18.1. The van der Waals surface area contributed by atoms with Gasteiger partial charge in [-0.3, -0.25) is 4.79 Å². The Bertz CT molecular complexity index is 454. The van der Waals surface area contributed by atoms with E-state index >= 15 is 0 Å². The van der Waals surface area contributed by atoms with E-state index in [0.29, 0.717) is 13.0 Å². The average molecular weight is 289 g/mol. The summed E-state index contributed by atoms with van der Waals surface area (Å²) >= 11 is 0. The fourth-order valence-corrected chi connectivity index (χ4v) is 2.85. The lowest BCUT2D eigenvalue weighted by atomic mass is 9.75. The summed E-state index contributed by atoms with van der Waals surface area (Å²) in [6.07, 6.45) is 5.08. The highest BCUT2D eigenvalue weighted by Crippen LogP contribution is 2.35.